The molecule has 0 unspecified atom stereocenters. The fourth-order valence-corrected chi connectivity index (χ4v) is 5.10. The summed E-state index contributed by atoms with van der Waals surface area (Å²) in [6.07, 6.45) is -8.91. The molecule has 1 amide bonds. The van der Waals surface area contributed by atoms with Crippen LogP contribution in [-0.4, -0.2) is 78.0 Å². The number of nitrogens with zero attached hydrogens (tertiary/aromatic N) is 3. The molecule has 0 aromatic heterocycles. The van der Waals surface area contributed by atoms with Crippen molar-refractivity contribution >= 4 is 27.1 Å². The lowest BCUT2D eigenvalue weighted by Crippen LogP contribution is -2.49. The molecule has 2 saturated heterocycles. The van der Waals surface area contributed by atoms with E-state index in [1.54, 1.807) is 6.07 Å². The summed E-state index contributed by atoms with van der Waals surface area (Å²) >= 11 is 0. The molecule has 7 nitrogen and oxygen atoms in total. The molecule has 2 fully saturated rings. The van der Waals surface area contributed by atoms with Gasteiger partial charge in [-0.25, -0.2) is 8.42 Å². The third kappa shape index (κ3) is 6.17. The molecule has 4 rings (SSSR count). The van der Waals surface area contributed by atoms with Crippen LogP contribution in [0, 0.1) is 0 Å². The van der Waals surface area contributed by atoms with Gasteiger partial charge in [-0.05, 0) is 36.4 Å². The summed E-state index contributed by atoms with van der Waals surface area (Å²) in [7, 11) is -3.62. The Labute approximate surface area is 215 Å². The van der Waals surface area contributed by atoms with Gasteiger partial charge in [0, 0.05) is 56.9 Å². The van der Waals surface area contributed by atoms with E-state index in [1.165, 1.54) is 21.9 Å². The Hall–Kier alpha value is -3.00. The standard InChI is InChI=1S/C24H25F6N3O4S/c1-38(35,36)19-2-3-21(32-8-10-37-11-9-32)20(15-19)22(34)33-6-4-31(5-7-33)18-13-16(23(25,26)27)12-17(14-18)24(28,29)30/h2-3,12-15H,4-11H2,1H3. The minimum absolute atomic E-state index is 0.0109. The molecule has 2 aromatic rings. The van der Waals surface area contributed by atoms with E-state index in [-0.39, 0.29) is 48.4 Å². The molecule has 0 saturated carbocycles. The molecule has 0 atom stereocenters. The summed E-state index contributed by atoms with van der Waals surface area (Å²) < 4.78 is 109. The highest BCUT2D eigenvalue weighted by Crippen LogP contribution is 2.38. The topological polar surface area (TPSA) is 70.2 Å². The molecule has 0 N–H and O–H groups in total. The molecule has 2 heterocycles. The van der Waals surface area contributed by atoms with Crippen LogP contribution in [0.3, 0.4) is 0 Å². The summed E-state index contributed by atoms with van der Waals surface area (Å²) in [5, 5.41) is 0. The van der Waals surface area contributed by atoms with Gasteiger partial charge in [0.2, 0.25) is 0 Å². The maximum absolute atomic E-state index is 13.5. The van der Waals surface area contributed by atoms with Gasteiger partial charge in [-0.2, -0.15) is 26.3 Å². The number of sulfone groups is 1. The number of carbonyl (C=O) groups excluding carboxylic acids is 1. The number of hydrogen-bond donors (Lipinski definition) is 0. The van der Waals surface area contributed by atoms with Gasteiger partial charge in [-0.3, -0.25) is 4.79 Å². The van der Waals surface area contributed by atoms with Crippen molar-refractivity contribution in [2.75, 3.05) is 68.5 Å². The van der Waals surface area contributed by atoms with E-state index in [0.717, 1.165) is 6.26 Å². The van der Waals surface area contributed by atoms with E-state index in [1.807, 2.05) is 4.90 Å². The van der Waals surface area contributed by atoms with Gasteiger partial charge in [0.15, 0.2) is 9.84 Å². The first-order chi connectivity index (χ1) is 17.6. The highest BCUT2D eigenvalue weighted by atomic mass is 32.2. The number of piperazine rings is 1. The van der Waals surface area contributed by atoms with Gasteiger partial charge in [-0.1, -0.05) is 0 Å². The number of ether oxygens (including phenoxy) is 1. The van der Waals surface area contributed by atoms with Gasteiger partial charge in [0.05, 0.1) is 34.8 Å². The molecule has 0 aliphatic carbocycles. The first-order valence-corrected chi connectivity index (χ1v) is 13.5. The van der Waals surface area contributed by atoms with Crippen molar-refractivity contribution in [1.29, 1.82) is 0 Å². The molecule has 0 radical (unpaired) electrons. The van der Waals surface area contributed by atoms with Crippen LogP contribution < -0.4 is 9.80 Å². The number of benzene rings is 2. The zero-order chi connectivity index (χ0) is 27.9. The second-order valence-corrected chi connectivity index (χ2v) is 11.1. The summed E-state index contributed by atoms with van der Waals surface area (Å²) in [5.41, 5.74) is -2.38. The van der Waals surface area contributed by atoms with Crippen LogP contribution in [0.25, 0.3) is 0 Å². The van der Waals surface area contributed by atoms with Crippen molar-refractivity contribution in [3.05, 3.63) is 53.1 Å². The van der Waals surface area contributed by atoms with Gasteiger partial charge in [0.1, 0.15) is 0 Å². The SMILES string of the molecule is CS(=O)(=O)c1ccc(N2CCOCC2)c(C(=O)N2CCN(c3cc(C(F)(F)F)cc(C(F)(F)F)c3)CC2)c1. The van der Waals surface area contributed by atoms with Crippen LogP contribution in [0.1, 0.15) is 21.5 Å². The van der Waals surface area contributed by atoms with Gasteiger partial charge >= 0.3 is 12.4 Å². The van der Waals surface area contributed by atoms with Crippen LogP contribution in [0.2, 0.25) is 0 Å². The minimum atomic E-state index is -4.96. The van der Waals surface area contributed by atoms with E-state index in [2.05, 4.69) is 0 Å². The fourth-order valence-electron chi connectivity index (χ4n) is 4.46. The fraction of sp³-hybridized carbons (Fsp3) is 0.458. The third-order valence-electron chi connectivity index (χ3n) is 6.48. The summed E-state index contributed by atoms with van der Waals surface area (Å²) in [5.74, 6) is -0.475. The predicted octanol–water partition coefficient (Wildman–Crippen LogP) is 3.93. The number of carbonyl (C=O) groups is 1. The van der Waals surface area contributed by atoms with Crippen LogP contribution in [0.15, 0.2) is 41.3 Å². The Morgan fingerprint density at radius 3 is 1.84 bits per heavy atom. The van der Waals surface area contributed by atoms with Crippen LogP contribution >= 0.6 is 0 Å². The average Bonchev–Trinajstić information content (AvgIpc) is 2.86. The maximum atomic E-state index is 13.5. The van der Waals surface area contributed by atoms with Gasteiger partial charge < -0.3 is 19.4 Å². The third-order valence-corrected chi connectivity index (χ3v) is 7.59. The molecule has 2 aromatic carbocycles. The van der Waals surface area contributed by atoms with Gasteiger partial charge in [-0.15, -0.1) is 0 Å². The van der Waals surface area contributed by atoms with E-state index in [0.29, 0.717) is 44.1 Å². The van der Waals surface area contributed by atoms with Crippen LogP contribution in [0.4, 0.5) is 37.7 Å². The number of alkyl halides is 6. The summed E-state index contributed by atoms with van der Waals surface area (Å²) in [6, 6.07) is 5.69. The van der Waals surface area contributed by atoms with Crippen molar-refractivity contribution in [2.45, 2.75) is 17.2 Å². The Balaban J connectivity index is 1.59. The monoisotopic (exact) mass is 565 g/mol. The minimum Gasteiger partial charge on any atom is -0.378 e. The second-order valence-electron chi connectivity index (χ2n) is 9.09. The summed E-state index contributed by atoms with van der Waals surface area (Å²) in [6.45, 7) is 1.84. The van der Waals surface area contributed by atoms with Crippen molar-refractivity contribution in [3.8, 4) is 0 Å². The van der Waals surface area contributed by atoms with Gasteiger partial charge in [0.25, 0.3) is 5.91 Å². The average molecular weight is 566 g/mol. The van der Waals surface area contributed by atoms with Crippen molar-refractivity contribution in [3.63, 3.8) is 0 Å². The number of rotatable bonds is 4. The van der Waals surface area contributed by atoms with E-state index < -0.39 is 39.2 Å². The van der Waals surface area contributed by atoms with E-state index >= 15 is 0 Å². The van der Waals surface area contributed by atoms with E-state index in [9.17, 15) is 39.6 Å². The quantitative estimate of drug-likeness (QED) is 0.524. The Bertz CT molecular complexity index is 1270. The highest BCUT2D eigenvalue weighted by Gasteiger charge is 2.38. The molecule has 0 bridgehead atoms. The zero-order valence-corrected chi connectivity index (χ0v) is 21.1. The number of halogens is 6. The molecule has 0 spiro atoms. The second kappa shape index (κ2) is 10.3. The van der Waals surface area contributed by atoms with Crippen LogP contribution in [0.5, 0.6) is 0 Å². The molecular formula is C24H25F6N3O4S. The zero-order valence-electron chi connectivity index (χ0n) is 20.3. The lowest BCUT2D eigenvalue weighted by molar-refractivity contribution is -0.143. The molecular weight excluding hydrogens is 540 g/mol. The molecule has 208 valence electrons. The van der Waals surface area contributed by atoms with Crippen molar-refractivity contribution in [1.82, 2.24) is 4.90 Å². The maximum Gasteiger partial charge on any atom is 0.416 e. The van der Waals surface area contributed by atoms with E-state index in [4.69, 9.17) is 4.74 Å². The number of amides is 1. The normalized spacial score (nSPS) is 17.6. The van der Waals surface area contributed by atoms with Crippen molar-refractivity contribution < 1.29 is 44.3 Å². The lowest BCUT2D eigenvalue weighted by Gasteiger charge is -2.37. The lowest BCUT2D eigenvalue weighted by atomic mass is 10.1. The summed E-state index contributed by atoms with van der Waals surface area (Å²) in [4.78, 5) is 18.2. The number of morpholine rings is 1. The first-order valence-electron chi connectivity index (χ1n) is 11.6. The first kappa shape index (κ1) is 28.0. The molecule has 14 heteroatoms. The molecule has 38 heavy (non-hydrogen) atoms. The Morgan fingerprint density at radius 1 is 0.789 bits per heavy atom. The molecule has 2 aliphatic rings. The number of anilines is 2. The Morgan fingerprint density at radius 2 is 1.34 bits per heavy atom. The smallest absolute Gasteiger partial charge is 0.378 e. The predicted molar refractivity (Wildman–Crippen MR) is 127 cm³/mol. The number of hydrogen-bond acceptors (Lipinski definition) is 6. The highest BCUT2D eigenvalue weighted by molar-refractivity contribution is 7.90. The van der Waals surface area contributed by atoms with Crippen LogP contribution in [-0.2, 0) is 26.9 Å². The Kier molecular flexibility index (Phi) is 7.58. The van der Waals surface area contributed by atoms with Crippen molar-refractivity contribution in [2.24, 2.45) is 0 Å². The molecule has 2 aliphatic heterocycles. The largest absolute Gasteiger partial charge is 0.416 e.